The average molecular weight is 1000 g/mol. The number of nitrogens with one attached hydrogen (secondary N) is 2. The molecule has 5 amide bonds. The highest BCUT2D eigenvalue weighted by molar-refractivity contribution is 7.90. The Kier molecular flexibility index (Phi) is 18.4. The van der Waals surface area contributed by atoms with Gasteiger partial charge in [-0.3, -0.25) is 28.9 Å². The Hall–Kier alpha value is -5.65. The molecule has 70 heavy (non-hydrogen) atoms. The van der Waals surface area contributed by atoms with Crippen molar-refractivity contribution in [3.8, 4) is 21.9 Å². The Balaban J connectivity index is 0.922. The van der Waals surface area contributed by atoms with Crippen LogP contribution in [-0.4, -0.2) is 108 Å². The molecule has 4 atom stereocenters. The monoisotopic (exact) mass is 999 g/mol. The number of rotatable bonds is 24. The first-order valence-electron chi connectivity index (χ1n) is 24.3. The van der Waals surface area contributed by atoms with Crippen molar-refractivity contribution in [1.29, 1.82) is 0 Å². The van der Waals surface area contributed by atoms with E-state index < -0.39 is 57.0 Å². The van der Waals surface area contributed by atoms with Gasteiger partial charge in [0.2, 0.25) is 17.7 Å². The number of amides is 5. The molecule has 17 heteroatoms. The van der Waals surface area contributed by atoms with Gasteiger partial charge in [0.05, 0.1) is 58.8 Å². The summed E-state index contributed by atoms with van der Waals surface area (Å²) in [5, 5.41) is 16.5. The fourth-order valence-corrected chi connectivity index (χ4v) is 11.0. The molecule has 0 saturated carbocycles. The van der Waals surface area contributed by atoms with E-state index in [0.29, 0.717) is 42.1 Å². The lowest BCUT2D eigenvalue weighted by Crippen LogP contribution is -2.57. The lowest BCUT2D eigenvalue weighted by molar-refractivity contribution is -0.144. The average Bonchev–Trinajstić information content (AvgIpc) is 4.00. The zero-order chi connectivity index (χ0) is 50.8. The number of aryl methyl sites for hydroxylation is 2. The summed E-state index contributed by atoms with van der Waals surface area (Å²) in [6, 6.07) is 15.2. The number of carbonyl (C=O) groups is 5. The maximum Gasteiger partial charge on any atom is 0.262 e. The van der Waals surface area contributed by atoms with E-state index in [0.717, 1.165) is 83.4 Å². The molecule has 6 rings (SSSR count). The molecule has 0 aliphatic carbocycles. The number of unbranched alkanes of at least 4 members (excludes halogenated alkanes) is 7. The van der Waals surface area contributed by atoms with E-state index >= 15 is 0 Å². The number of methoxy groups -OCH3 is 1. The van der Waals surface area contributed by atoms with Crippen molar-refractivity contribution in [2.75, 3.05) is 32.3 Å². The molecule has 2 aliphatic rings. The second-order valence-electron chi connectivity index (χ2n) is 19.5. The third kappa shape index (κ3) is 13.6. The van der Waals surface area contributed by atoms with Gasteiger partial charge in [0.25, 0.3) is 11.8 Å². The number of likely N-dealkylation sites (tertiary alicyclic amines) is 1. The summed E-state index contributed by atoms with van der Waals surface area (Å²) in [4.78, 5) is 76.6. The van der Waals surface area contributed by atoms with Gasteiger partial charge in [0.1, 0.15) is 21.9 Å². The first-order valence-corrected chi connectivity index (χ1v) is 27.3. The Morgan fingerprint density at radius 1 is 0.929 bits per heavy atom. The first kappa shape index (κ1) is 53.7. The molecule has 15 nitrogen and oxygen atoms in total. The molecule has 2 unspecified atom stereocenters. The fourth-order valence-electron chi connectivity index (χ4n) is 9.32. The number of aromatic nitrogens is 1. The van der Waals surface area contributed by atoms with Gasteiger partial charge in [-0.15, -0.1) is 11.3 Å². The van der Waals surface area contributed by atoms with Crippen LogP contribution < -0.4 is 20.1 Å². The van der Waals surface area contributed by atoms with Gasteiger partial charge in [-0.25, -0.2) is 13.4 Å². The van der Waals surface area contributed by atoms with E-state index in [9.17, 15) is 37.5 Å². The van der Waals surface area contributed by atoms with Crippen LogP contribution in [0.1, 0.15) is 141 Å². The third-order valence-corrected chi connectivity index (χ3v) is 14.9. The zero-order valence-electron chi connectivity index (χ0n) is 41.5. The Bertz CT molecular complexity index is 2610. The van der Waals surface area contributed by atoms with Gasteiger partial charge >= 0.3 is 0 Å². The summed E-state index contributed by atoms with van der Waals surface area (Å²) < 4.78 is 36.4. The van der Waals surface area contributed by atoms with Crippen molar-refractivity contribution in [2.45, 2.75) is 136 Å². The van der Waals surface area contributed by atoms with Crippen molar-refractivity contribution >= 4 is 50.7 Å². The number of aliphatic hydroxyl groups is 1. The van der Waals surface area contributed by atoms with Crippen LogP contribution in [0, 0.1) is 12.3 Å². The number of sulfone groups is 1. The van der Waals surface area contributed by atoms with Crippen LogP contribution in [0.3, 0.4) is 0 Å². The molecule has 3 N–H and O–H groups in total. The number of hydrogen-bond donors (Lipinski definition) is 3. The maximum atomic E-state index is 14.1. The number of thiazole rings is 1. The molecule has 1 aromatic heterocycles. The van der Waals surface area contributed by atoms with Crippen molar-refractivity contribution in [2.24, 2.45) is 5.41 Å². The van der Waals surface area contributed by atoms with E-state index in [1.807, 2.05) is 70.5 Å². The summed E-state index contributed by atoms with van der Waals surface area (Å²) in [6.07, 6.45) is 8.34. The van der Waals surface area contributed by atoms with Crippen LogP contribution >= 0.6 is 11.3 Å². The smallest absolute Gasteiger partial charge is 0.262 e. The molecular weight excluding hydrogens is 931 g/mol. The summed E-state index contributed by atoms with van der Waals surface area (Å²) in [6.45, 7) is 10.0. The minimum atomic E-state index is -3.63. The SMILES string of the molecule is CCOc1cc(C(CS(C)(=O)=O)N2C(=O)c3cccc(CCCCCCCCCCC(=O)NC(C(=O)N4C[C@H](O)C[C@H]4C(=O)NCc4ccc(-c5scnc5C)cc4)C(C)(C)C)c3C2=O)ccc1OC. The minimum absolute atomic E-state index is 0.00794. The Morgan fingerprint density at radius 3 is 2.24 bits per heavy atom. The second kappa shape index (κ2) is 24.0. The summed E-state index contributed by atoms with van der Waals surface area (Å²) in [5.41, 5.74) is 5.88. The normalized spacial score (nSPS) is 16.8. The molecule has 1 fully saturated rings. The molecule has 0 spiro atoms. The van der Waals surface area contributed by atoms with Crippen molar-refractivity contribution in [3.63, 3.8) is 0 Å². The minimum Gasteiger partial charge on any atom is -0.493 e. The van der Waals surface area contributed by atoms with Crippen LogP contribution in [0.5, 0.6) is 11.5 Å². The standard InChI is InChI=1S/C53H69N5O10S2/c1-8-68-44-28-38(26-27-43(44)67-6)42(32-70(7,65)66)58-50(62)40-20-17-19-36(46(40)51(58)63)18-15-13-11-9-10-12-14-16-21-45(60)56-48(53(3,4)5)52(64)57-31-39(59)29-41(57)49(61)54-30-35-22-24-37(25-23-35)47-34(2)55-33-69-47/h17,19-20,22-28,33,39,41-42,48,59H,8-16,18,21,29-32H2,1-7H3,(H,54,61)(H,56,60)/t39-,41+,42?,48?/m1/s1. The number of aliphatic hydroxyl groups excluding tert-OH is 1. The van der Waals surface area contributed by atoms with Crippen molar-refractivity contribution in [3.05, 3.63) is 99.7 Å². The number of imide groups is 1. The summed E-state index contributed by atoms with van der Waals surface area (Å²) in [5.74, 6) is -1.62. The van der Waals surface area contributed by atoms with Gasteiger partial charge < -0.3 is 30.1 Å². The maximum absolute atomic E-state index is 14.1. The van der Waals surface area contributed by atoms with Crippen LogP contribution in [0.25, 0.3) is 10.4 Å². The quantitative estimate of drug-likeness (QED) is 0.0457. The summed E-state index contributed by atoms with van der Waals surface area (Å²) >= 11 is 1.57. The second-order valence-corrected chi connectivity index (χ2v) is 22.6. The molecule has 3 aromatic carbocycles. The molecule has 1 saturated heterocycles. The van der Waals surface area contributed by atoms with E-state index in [2.05, 4.69) is 15.6 Å². The molecule has 4 aromatic rings. The molecule has 2 aliphatic heterocycles. The molecule has 0 bridgehead atoms. The number of carbonyl (C=O) groups excluding carboxylic acids is 5. The largest absolute Gasteiger partial charge is 0.493 e. The number of ether oxygens (including phenoxy) is 2. The van der Waals surface area contributed by atoms with Gasteiger partial charge in [0, 0.05) is 32.2 Å². The lowest BCUT2D eigenvalue weighted by Gasteiger charge is -2.35. The number of fused-ring (bicyclic) bond motifs is 1. The van der Waals surface area contributed by atoms with Gasteiger partial charge in [-0.1, -0.05) is 102 Å². The fraction of sp³-hybridized carbons (Fsp3) is 0.509. The highest BCUT2D eigenvalue weighted by atomic mass is 32.2. The van der Waals surface area contributed by atoms with E-state index in [1.54, 1.807) is 41.7 Å². The van der Waals surface area contributed by atoms with Gasteiger partial charge in [0.15, 0.2) is 11.5 Å². The molecule has 0 radical (unpaired) electrons. The van der Waals surface area contributed by atoms with Gasteiger partial charge in [-0.2, -0.15) is 0 Å². The predicted molar refractivity (Wildman–Crippen MR) is 270 cm³/mol. The predicted octanol–water partition coefficient (Wildman–Crippen LogP) is 7.77. The van der Waals surface area contributed by atoms with E-state index in [4.69, 9.17) is 9.47 Å². The van der Waals surface area contributed by atoms with E-state index in [-0.39, 0.29) is 49.2 Å². The van der Waals surface area contributed by atoms with Crippen molar-refractivity contribution in [1.82, 2.24) is 25.4 Å². The number of nitrogens with zero attached hydrogens (tertiary/aromatic N) is 3. The number of β-amino-alcohol motifs (C(OH)–C–C–N with tert-alkyl or cyclic N) is 1. The van der Waals surface area contributed by atoms with Crippen LogP contribution in [0.15, 0.2) is 66.2 Å². The zero-order valence-corrected chi connectivity index (χ0v) is 43.2. The van der Waals surface area contributed by atoms with Crippen LogP contribution in [-0.2, 0) is 37.2 Å². The van der Waals surface area contributed by atoms with Gasteiger partial charge in [-0.05, 0) is 79.0 Å². The number of hydrogen-bond acceptors (Lipinski definition) is 12. The Morgan fingerprint density at radius 2 is 1.61 bits per heavy atom. The Labute approximate surface area is 416 Å². The molecule has 3 heterocycles. The lowest BCUT2D eigenvalue weighted by atomic mass is 9.85. The highest BCUT2D eigenvalue weighted by Crippen LogP contribution is 2.38. The topological polar surface area (TPSA) is 202 Å². The molecule has 378 valence electrons. The van der Waals surface area contributed by atoms with Crippen molar-refractivity contribution < 1.29 is 47.0 Å². The highest BCUT2D eigenvalue weighted by Gasteiger charge is 2.45. The van der Waals surface area contributed by atoms with Crippen LogP contribution in [0.4, 0.5) is 0 Å². The molecular formula is C53H69N5O10S2. The van der Waals surface area contributed by atoms with E-state index in [1.165, 1.54) is 12.0 Å². The number of benzene rings is 3. The first-order chi connectivity index (χ1) is 33.3. The summed E-state index contributed by atoms with van der Waals surface area (Å²) in [7, 11) is -2.13. The third-order valence-electron chi connectivity index (χ3n) is 13.0. The van der Waals surface area contributed by atoms with Crippen LogP contribution in [0.2, 0.25) is 0 Å².